The molecule has 144 valence electrons. The molecule has 0 heterocycles. The number of nitriles is 1. The first kappa shape index (κ1) is 20.5. The van der Waals surface area contributed by atoms with E-state index in [1.807, 2.05) is 19.9 Å². The van der Waals surface area contributed by atoms with Crippen LogP contribution in [0.5, 0.6) is 11.5 Å². The van der Waals surface area contributed by atoms with Crippen molar-refractivity contribution in [2.24, 2.45) is 0 Å². The van der Waals surface area contributed by atoms with E-state index in [2.05, 4.69) is 5.32 Å². The molecule has 0 aliphatic heterocycles. The number of carbonyl (C=O) groups excluding carboxylic acids is 1. The topological polar surface area (TPSA) is 109 Å². The van der Waals surface area contributed by atoms with E-state index < -0.39 is 11.9 Å². The summed E-state index contributed by atoms with van der Waals surface area (Å²) in [5.41, 5.74) is 0.718. The number of nitrogens with one attached hydrogen (secondary N) is 1. The second kappa shape index (κ2) is 9.78. The van der Waals surface area contributed by atoms with Gasteiger partial charge in [0.2, 0.25) is 0 Å². The molecule has 0 aliphatic carbocycles. The highest BCUT2D eigenvalue weighted by atomic mass is 16.5. The smallest absolute Gasteiger partial charge is 0.335 e. The summed E-state index contributed by atoms with van der Waals surface area (Å²) in [5.74, 6) is -0.650. The van der Waals surface area contributed by atoms with Gasteiger partial charge in [0, 0.05) is 17.3 Å². The largest absolute Gasteiger partial charge is 0.494 e. The molecule has 0 spiro atoms. The Bertz CT molecular complexity index is 944. The van der Waals surface area contributed by atoms with Crippen molar-refractivity contribution in [1.82, 2.24) is 0 Å². The fourth-order valence-electron chi connectivity index (χ4n) is 2.40. The first-order valence-electron chi connectivity index (χ1n) is 8.64. The first-order chi connectivity index (χ1) is 13.5. The zero-order valence-electron chi connectivity index (χ0n) is 15.6. The molecule has 0 radical (unpaired) electrons. The van der Waals surface area contributed by atoms with Crippen molar-refractivity contribution >= 4 is 23.6 Å². The second-order valence-corrected chi connectivity index (χ2v) is 5.58. The van der Waals surface area contributed by atoms with Crippen LogP contribution in [0.15, 0.2) is 48.0 Å². The molecule has 0 saturated carbocycles. The van der Waals surface area contributed by atoms with Crippen molar-refractivity contribution in [2.75, 3.05) is 18.5 Å². The SMILES string of the molecule is CCOc1ccc(/C=C(/C#N)C(=O)Nc2cccc(C(=O)O)c2)c(OCC)c1. The summed E-state index contributed by atoms with van der Waals surface area (Å²) in [4.78, 5) is 23.5. The number of hydrogen-bond donors (Lipinski definition) is 2. The third-order valence-electron chi connectivity index (χ3n) is 3.63. The summed E-state index contributed by atoms with van der Waals surface area (Å²) in [7, 11) is 0. The maximum absolute atomic E-state index is 12.5. The molecule has 2 rings (SSSR count). The normalized spacial score (nSPS) is 10.7. The van der Waals surface area contributed by atoms with Crippen molar-refractivity contribution < 1.29 is 24.2 Å². The highest BCUT2D eigenvalue weighted by Gasteiger charge is 2.13. The molecule has 0 unspecified atom stereocenters. The number of carbonyl (C=O) groups is 2. The number of benzene rings is 2. The number of anilines is 1. The predicted molar refractivity (Wildman–Crippen MR) is 104 cm³/mol. The lowest BCUT2D eigenvalue weighted by atomic mass is 10.1. The van der Waals surface area contributed by atoms with Crippen LogP contribution in [-0.2, 0) is 4.79 Å². The summed E-state index contributed by atoms with van der Waals surface area (Å²) < 4.78 is 11.0. The quantitative estimate of drug-likeness (QED) is 0.534. The van der Waals surface area contributed by atoms with Gasteiger partial charge in [-0.05, 0) is 50.3 Å². The third-order valence-corrected chi connectivity index (χ3v) is 3.63. The highest BCUT2D eigenvalue weighted by Crippen LogP contribution is 2.27. The van der Waals surface area contributed by atoms with E-state index in [9.17, 15) is 14.9 Å². The van der Waals surface area contributed by atoms with Gasteiger partial charge in [0.05, 0.1) is 18.8 Å². The molecule has 2 aromatic carbocycles. The number of amides is 1. The Labute approximate surface area is 162 Å². The molecule has 2 aromatic rings. The van der Waals surface area contributed by atoms with Crippen molar-refractivity contribution in [1.29, 1.82) is 5.26 Å². The standard InChI is InChI=1S/C21H20N2O5/c1-3-27-18-9-8-14(19(12-18)28-4-2)10-16(13-22)20(24)23-17-7-5-6-15(11-17)21(25)26/h5-12H,3-4H2,1-2H3,(H,23,24)(H,25,26)/b16-10-. The van der Waals surface area contributed by atoms with E-state index in [4.69, 9.17) is 14.6 Å². The first-order valence-corrected chi connectivity index (χ1v) is 8.64. The highest BCUT2D eigenvalue weighted by molar-refractivity contribution is 6.10. The van der Waals surface area contributed by atoms with E-state index in [1.54, 1.807) is 24.3 Å². The molecule has 0 atom stereocenters. The lowest BCUT2D eigenvalue weighted by Crippen LogP contribution is -2.14. The molecular formula is C21H20N2O5. The molecule has 7 heteroatoms. The number of hydrogen-bond acceptors (Lipinski definition) is 5. The lowest BCUT2D eigenvalue weighted by molar-refractivity contribution is -0.112. The number of ether oxygens (including phenoxy) is 2. The molecule has 0 aromatic heterocycles. The van der Waals surface area contributed by atoms with Crippen LogP contribution in [0.2, 0.25) is 0 Å². The van der Waals surface area contributed by atoms with Gasteiger partial charge in [-0.1, -0.05) is 6.07 Å². The van der Waals surface area contributed by atoms with E-state index in [-0.39, 0.29) is 16.8 Å². The summed E-state index contributed by atoms with van der Waals surface area (Å²) >= 11 is 0. The molecule has 28 heavy (non-hydrogen) atoms. The maximum atomic E-state index is 12.5. The van der Waals surface area contributed by atoms with Crippen LogP contribution in [0.25, 0.3) is 6.08 Å². The van der Waals surface area contributed by atoms with Crippen molar-refractivity contribution in [3.63, 3.8) is 0 Å². The third kappa shape index (κ3) is 5.35. The van der Waals surface area contributed by atoms with Gasteiger partial charge in [0.1, 0.15) is 23.1 Å². The minimum atomic E-state index is -1.11. The zero-order valence-corrected chi connectivity index (χ0v) is 15.6. The van der Waals surface area contributed by atoms with Gasteiger partial charge in [-0.2, -0.15) is 5.26 Å². The average Bonchev–Trinajstić information content (AvgIpc) is 2.68. The predicted octanol–water partition coefficient (Wildman–Crippen LogP) is 3.73. The van der Waals surface area contributed by atoms with Gasteiger partial charge in [-0.25, -0.2) is 4.79 Å². The van der Waals surface area contributed by atoms with Crippen LogP contribution in [0.4, 0.5) is 5.69 Å². The van der Waals surface area contributed by atoms with Crippen molar-refractivity contribution in [2.45, 2.75) is 13.8 Å². The average molecular weight is 380 g/mol. The number of nitrogens with zero attached hydrogens (tertiary/aromatic N) is 1. The Kier molecular flexibility index (Phi) is 7.17. The van der Waals surface area contributed by atoms with Gasteiger partial charge in [-0.15, -0.1) is 0 Å². The Hall–Kier alpha value is -3.79. The molecule has 0 fully saturated rings. The Balaban J connectivity index is 2.30. The van der Waals surface area contributed by atoms with Crippen LogP contribution in [-0.4, -0.2) is 30.2 Å². The van der Waals surface area contributed by atoms with Gasteiger partial charge in [0.15, 0.2) is 0 Å². The fourth-order valence-corrected chi connectivity index (χ4v) is 2.40. The van der Waals surface area contributed by atoms with Gasteiger partial charge >= 0.3 is 5.97 Å². The van der Waals surface area contributed by atoms with Crippen LogP contribution < -0.4 is 14.8 Å². The molecule has 0 saturated heterocycles. The fraction of sp³-hybridized carbons (Fsp3) is 0.190. The van der Waals surface area contributed by atoms with Gasteiger partial charge in [0.25, 0.3) is 5.91 Å². The number of rotatable bonds is 8. The number of carboxylic acid groups (broad SMARTS) is 1. The van der Waals surface area contributed by atoms with Crippen molar-refractivity contribution in [3.05, 3.63) is 59.2 Å². The monoisotopic (exact) mass is 380 g/mol. The summed E-state index contributed by atoms with van der Waals surface area (Å²) in [6.07, 6.45) is 1.41. The summed E-state index contributed by atoms with van der Waals surface area (Å²) in [5, 5.41) is 21.0. The minimum Gasteiger partial charge on any atom is -0.494 e. The maximum Gasteiger partial charge on any atom is 0.335 e. The molecular weight excluding hydrogens is 360 g/mol. The lowest BCUT2D eigenvalue weighted by Gasteiger charge is -2.11. The van der Waals surface area contributed by atoms with E-state index in [0.717, 1.165) is 0 Å². The Morgan fingerprint density at radius 3 is 2.54 bits per heavy atom. The Morgan fingerprint density at radius 2 is 1.89 bits per heavy atom. The van der Waals surface area contributed by atoms with E-state index in [0.29, 0.717) is 30.3 Å². The van der Waals surface area contributed by atoms with Gasteiger partial charge in [-0.3, -0.25) is 4.79 Å². The van der Waals surface area contributed by atoms with E-state index >= 15 is 0 Å². The van der Waals surface area contributed by atoms with Gasteiger partial charge < -0.3 is 19.9 Å². The second-order valence-electron chi connectivity index (χ2n) is 5.58. The Morgan fingerprint density at radius 1 is 1.14 bits per heavy atom. The molecule has 7 nitrogen and oxygen atoms in total. The van der Waals surface area contributed by atoms with Crippen LogP contribution >= 0.6 is 0 Å². The molecule has 0 bridgehead atoms. The summed E-state index contributed by atoms with van der Waals surface area (Å²) in [6.45, 7) is 4.61. The molecule has 2 N–H and O–H groups in total. The van der Waals surface area contributed by atoms with Crippen LogP contribution in [0.1, 0.15) is 29.8 Å². The molecule has 1 amide bonds. The van der Waals surface area contributed by atoms with Crippen LogP contribution in [0, 0.1) is 11.3 Å². The van der Waals surface area contributed by atoms with Crippen molar-refractivity contribution in [3.8, 4) is 17.6 Å². The van der Waals surface area contributed by atoms with E-state index in [1.165, 1.54) is 24.3 Å². The number of carboxylic acids is 1. The summed E-state index contributed by atoms with van der Waals surface area (Å²) in [6, 6.07) is 12.8. The molecule has 0 aliphatic rings. The number of aromatic carboxylic acids is 1. The minimum absolute atomic E-state index is 0.0328. The zero-order chi connectivity index (χ0) is 20.5. The van der Waals surface area contributed by atoms with Crippen LogP contribution in [0.3, 0.4) is 0 Å².